The van der Waals surface area contributed by atoms with Crippen LogP contribution in [0.1, 0.15) is 89.0 Å². The van der Waals surface area contributed by atoms with E-state index < -0.39 is 11.6 Å². The van der Waals surface area contributed by atoms with Gasteiger partial charge in [-0.25, -0.2) is 48.3 Å². The molecule has 0 spiro atoms. The Morgan fingerprint density at radius 3 is 0.759 bits per heavy atom. The molecule has 0 saturated heterocycles. The van der Waals surface area contributed by atoms with E-state index in [4.69, 9.17) is 0 Å². The maximum absolute atomic E-state index is 12.6. The first-order valence-corrected chi connectivity index (χ1v) is 27.7. The molecular weight excluding hydrogens is 1120 g/mol. The van der Waals surface area contributed by atoms with E-state index in [0.717, 1.165) is 72.8 Å². The maximum atomic E-state index is 12.6. The second-order valence-electron chi connectivity index (χ2n) is 20.7. The van der Waals surface area contributed by atoms with Gasteiger partial charge in [0.05, 0.1) is 0 Å². The van der Waals surface area contributed by atoms with E-state index in [9.17, 15) is 48.3 Å². The minimum absolute atomic E-state index is 0.116. The van der Waals surface area contributed by atoms with E-state index in [1.807, 2.05) is 106 Å². The summed E-state index contributed by atoms with van der Waals surface area (Å²) in [6.07, 6.45) is 0. The van der Waals surface area contributed by atoms with Gasteiger partial charge in [0.25, 0.3) is 0 Å². The van der Waals surface area contributed by atoms with E-state index in [-0.39, 0.29) is 52.4 Å². The Hall–Kier alpha value is -8.57. The van der Waals surface area contributed by atoms with Crippen molar-refractivity contribution in [1.82, 2.24) is 0 Å². The summed E-state index contributed by atoms with van der Waals surface area (Å²) in [5, 5.41) is 0. The van der Waals surface area contributed by atoms with Gasteiger partial charge in [-0.1, -0.05) is 132 Å². The van der Waals surface area contributed by atoms with Crippen molar-refractivity contribution in [3.05, 3.63) is 353 Å². The van der Waals surface area contributed by atoms with E-state index in [1.54, 1.807) is 101 Å². The molecule has 0 bridgehead atoms. The van der Waals surface area contributed by atoms with E-state index in [2.05, 4.69) is 0 Å². The summed E-state index contributed by atoms with van der Waals surface area (Å²) >= 11 is 0. The minimum atomic E-state index is -0.782. The van der Waals surface area contributed by atoms with Gasteiger partial charge < -0.3 is 0 Å². The van der Waals surface area contributed by atoms with Crippen molar-refractivity contribution in [2.45, 2.75) is 111 Å². The molecule has 462 valence electrons. The van der Waals surface area contributed by atoms with Gasteiger partial charge in [-0.2, -0.15) is 0 Å². The van der Waals surface area contributed by atoms with Crippen LogP contribution < -0.4 is 0 Å². The number of halogens is 11. The van der Waals surface area contributed by atoms with Crippen molar-refractivity contribution in [1.29, 1.82) is 0 Å². The molecule has 0 N–H and O–H groups in total. The molecule has 0 amide bonds. The lowest BCUT2D eigenvalue weighted by Gasteiger charge is -1.96. The Balaban J connectivity index is 0.000000483. The smallest absolute Gasteiger partial charge is 0.161 e. The van der Waals surface area contributed by atoms with Crippen LogP contribution in [-0.4, -0.2) is 0 Å². The lowest BCUT2D eigenvalue weighted by molar-refractivity contribution is 0.503. The largest absolute Gasteiger partial charge is 0.207 e. The molecule has 10 aromatic carbocycles. The van der Waals surface area contributed by atoms with Gasteiger partial charge >= 0.3 is 0 Å². The van der Waals surface area contributed by atoms with Gasteiger partial charge in [0.15, 0.2) is 11.6 Å². The van der Waals surface area contributed by atoms with Crippen LogP contribution in [0.25, 0.3) is 0 Å². The summed E-state index contributed by atoms with van der Waals surface area (Å²) in [5.74, 6) is -2.79. The fourth-order valence-electron chi connectivity index (χ4n) is 6.70. The molecule has 0 nitrogen and oxygen atoms in total. The third kappa shape index (κ3) is 33.6. The molecule has 0 radical (unpaired) electrons. The summed E-state index contributed by atoms with van der Waals surface area (Å²) in [5.41, 5.74) is 14.4. The quantitative estimate of drug-likeness (QED) is 0.133. The molecule has 10 aromatic rings. The van der Waals surface area contributed by atoms with Gasteiger partial charge in [-0.3, -0.25) is 0 Å². The Kier molecular flexibility index (Phi) is 35.8. The van der Waals surface area contributed by atoms with Crippen molar-refractivity contribution < 1.29 is 48.3 Å². The maximum Gasteiger partial charge on any atom is 0.161 e. The van der Waals surface area contributed by atoms with Crippen molar-refractivity contribution >= 4 is 0 Å². The van der Waals surface area contributed by atoms with Crippen LogP contribution in [0.15, 0.2) is 200 Å². The van der Waals surface area contributed by atoms with E-state index in [0.29, 0.717) is 22.3 Å². The van der Waals surface area contributed by atoms with Crippen LogP contribution >= 0.6 is 0 Å². The predicted molar refractivity (Wildman–Crippen MR) is 340 cm³/mol. The molecule has 10 rings (SSSR count). The van der Waals surface area contributed by atoms with E-state index >= 15 is 0 Å². The first-order valence-electron chi connectivity index (χ1n) is 27.7. The Morgan fingerprint density at radius 1 is 0.161 bits per heavy atom. The third-order valence-corrected chi connectivity index (χ3v) is 12.4. The monoisotopic (exact) mass is 1200 g/mol. The zero-order valence-corrected chi connectivity index (χ0v) is 52.7. The van der Waals surface area contributed by atoms with Gasteiger partial charge in [0, 0.05) is 0 Å². The summed E-state index contributed by atoms with van der Waals surface area (Å²) in [4.78, 5) is 0. The molecule has 0 heterocycles. The molecule has 0 aliphatic heterocycles. The summed E-state index contributed by atoms with van der Waals surface area (Å²) < 4.78 is 136. The highest BCUT2D eigenvalue weighted by Crippen LogP contribution is 2.13. The van der Waals surface area contributed by atoms with E-state index in [1.165, 1.54) is 97.9 Å². The molecule has 0 unspecified atom stereocenters. The Labute approximate surface area is 510 Å². The average Bonchev–Trinajstić information content (AvgIpc) is 3.50. The highest BCUT2D eigenvalue weighted by atomic mass is 19.2. The normalized spacial score (nSPS) is 9.55. The topological polar surface area (TPSA) is 0 Å². The Bertz CT molecular complexity index is 3160. The predicted octanol–water partition coefficient (Wildman–Crippen LogP) is 23.3. The lowest BCUT2D eigenvalue weighted by atomic mass is 10.1. The number of hydrogen-bond donors (Lipinski definition) is 0. The van der Waals surface area contributed by atoms with Crippen molar-refractivity contribution in [2.24, 2.45) is 0 Å². The van der Waals surface area contributed by atoms with Gasteiger partial charge in [-0.15, -0.1) is 0 Å². The van der Waals surface area contributed by atoms with Crippen LogP contribution in [0.5, 0.6) is 0 Å². The number of benzene rings is 10. The van der Waals surface area contributed by atoms with Crippen LogP contribution in [0, 0.1) is 175 Å². The number of aryl methyl sites for hydroxylation is 16. The first-order chi connectivity index (χ1) is 40.8. The number of rotatable bonds is 0. The highest BCUT2D eigenvalue weighted by Gasteiger charge is 2.01. The van der Waals surface area contributed by atoms with Crippen molar-refractivity contribution in [3.8, 4) is 0 Å². The molecular formula is C76H81F11. The summed E-state index contributed by atoms with van der Waals surface area (Å²) in [6.45, 7) is 29.5. The molecule has 87 heavy (non-hydrogen) atoms. The fourth-order valence-corrected chi connectivity index (χ4v) is 6.70. The Morgan fingerprint density at radius 2 is 0.471 bits per heavy atom. The average molecular weight is 1200 g/mol. The van der Waals surface area contributed by atoms with Crippen molar-refractivity contribution in [2.75, 3.05) is 0 Å². The molecule has 0 aliphatic carbocycles. The second-order valence-corrected chi connectivity index (χ2v) is 20.7. The molecule has 0 aliphatic rings. The minimum Gasteiger partial charge on any atom is -0.207 e. The fraction of sp³-hybridized carbons (Fsp3) is 0.211. The third-order valence-electron chi connectivity index (χ3n) is 12.4. The zero-order valence-electron chi connectivity index (χ0n) is 52.7. The SMILES string of the molecule is Cc1ccc(C)c(F)c1.Cc1ccc(C)c(F)c1.Cc1ccc(F)c(C)c1.Cc1ccc(F)c(C)c1.Cc1ccc(F)cc1.Cc1ccc(F)cc1C.Cc1ccc(F)cc1C.Cc1cccc(F)c1.Cc1cccc(F)c1F.Cc1ccccc1F. The van der Waals surface area contributed by atoms with Crippen molar-refractivity contribution in [3.63, 3.8) is 0 Å². The van der Waals surface area contributed by atoms with Crippen LogP contribution in [0.2, 0.25) is 0 Å². The molecule has 0 atom stereocenters. The van der Waals surface area contributed by atoms with Gasteiger partial charge in [-0.05, 0) is 268 Å². The molecule has 0 saturated carbocycles. The van der Waals surface area contributed by atoms with Crippen LogP contribution in [-0.2, 0) is 0 Å². The van der Waals surface area contributed by atoms with Crippen LogP contribution in [0.4, 0.5) is 48.3 Å². The summed E-state index contributed by atoms with van der Waals surface area (Å²) in [7, 11) is 0. The van der Waals surface area contributed by atoms with Gasteiger partial charge in [0.2, 0.25) is 0 Å². The lowest BCUT2D eigenvalue weighted by Crippen LogP contribution is -1.85. The zero-order chi connectivity index (χ0) is 65.9. The molecule has 0 aromatic heterocycles. The first kappa shape index (κ1) is 76.4. The molecule has 0 fully saturated rings. The highest BCUT2D eigenvalue weighted by molar-refractivity contribution is 5.28. The summed E-state index contributed by atoms with van der Waals surface area (Å²) in [6, 6.07) is 53.9. The van der Waals surface area contributed by atoms with Gasteiger partial charge in [0.1, 0.15) is 52.4 Å². The number of hydrogen-bond acceptors (Lipinski definition) is 0. The standard InChI is InChI=1S/6C8H9F.C7H6F2.3C7H7F/c2*1-6-3-4-8(9)5-7(6)2;2*1-6-3-4-8(9)7(2)5-6;2*1-6-3-4-7(2)8(9)5-6;1-5-3-2-4-6(8)7(5)9;1-6-2-4-7(8)5-3-6;1-6-3-2-4-7(8)5-6;1-6-4-2-3-5-7(6)8/h6*3-5H,1-2H3;2-4H,1H3;3*2-5H,1H3. The second kappa shape index (κ2) is 40.7. The van der Waals surface area contributed by atoms with Crippen LogP contribution in [0.3, 0.4) is 0 Å². The molecule has 11 heteroatoms.